The summed E-state index contributed by atoms with van der Waals surface area (Å²) in [7, 11) is 0. The second-order valence-electron chi connectivity index (χ2n) is 10.2. The molecular formula is C28H37BrFN3O3. The molecule has 0 aliphatic carbocycles. The maximum absolute atomic E-state index is 15.3. The maximum atomic E-state index is 15.3. The molecule has 1 N–H and O–H groups in total. The molecule has 2 aromatic rings. The van der Waals surface area contributed by atoms with Gasteiger partial charge in [0.05, 0.1) is 25.3 Å². The molecule has 4 rings (SSSR count). The minimum atomic E-state index is -0.599. The van der Waals surface area contributed by atoms with E-state index in [-0.39, 0.29) is 65.0 Å². The number of hydrogen-bond donors (Lipinski definition) is 1. The van der Waals surface area contributed by atoms with Gasteiger partial charge in [-0.15, -0.1) is 17.0 Å². The van der Waals surface area contributed by atoms with E-state index in [1.807, 2.05) is 19.1 Å². The summed E-state index contributed by atoms with van der Waals surface area (Å²) in [5.74, 6) is -0.328. The van der Waals surface area contributed by atoms with Gasteiger partial charge in [-0.2, -0.15) is 0 Å². The first-order valence-electron chi connectivity index (χ1n) is 12.5. The Morgan fingerprint density at radius 3 is 2.36 bits per heavy atom. The fourth-order valence-electron chi connectivity index (χ4n) is 4.97. The lowest BCUT2D eigenvalue weighted by Gasteiger charge is -2.29. The Labute approximate surface area is 224 Å². The van der Waals surface area contributed by atoms with E-state index in [1.54, 1.807) is 17.9 Å². The van der Waals surface area contributed by atoms with Gasteiger partial charge in [0.1, 0.15) is 5.84 Å². The minimum Gasteiger partial charge on any atom is -0.490 e. The van der Waals surface area contributed by atoms with Crippen LogP contribution in [-0.2, 0) is 12.0 Å². The van der Waals surface area contributed by atoms with Crippen molar-refractivity contribution in [2.24, 2.45) is 0 Å². The number of anilines is 1. The van der Waals surface area contributed by atoms with E-state index in [1.165, 1.54) is 18.5 Å². The van der Waals surface area contributed by atoms with Crippen LogP contribution in [-0.4, -0.2) is 49.4 Å². The average molecular weight is 563 g/mol. The highest BCUT2D eigenvalue weighted by Crippen LogP contribution is 2.39. The molecule has 2 aliphatic rings. The number of benzene rings is 2. The highest BCUT2D eigenvalue weighted by atomic mass is 79.9. The largest absolute Gasteiger partial charge is 0.490 e. The smallest absolute Gasteiger partial charge is 0.197 e. The molecule has 0 spiro atoms. The first-order chi connectivity index (χ1) is 16.7. The van der Waals surface area contributed by atoms with E-state index >= 15 is 4.39 Å². The Morgan fingerprint density at radius 1 is 1.08 bits per heavy atom. The van der Waals surface area contributed by atoms with Crippen molar-refractivity contribution in [3.63, 3.8) is 0 Å². The van der Waals surface area contributed by atoms with Crippen molar-refractivity contribution in [2.75, 3.05) is 37.7 Å². The molecule has 0 amide bonds. The molecule has 0 aromatic heterocycles. The second kappa shape index (κ2) is 11.2. The summed E-state index contributed by atoms with van der Waals surface area (Å²) in [6, 6.07) is 7.68. The number of rotatable bonds is 8. The van der Waals surface area contributed by atoms with Gasteiger partial charge in [0.2, 0.25) is 0 Å². The van der Waals surface area contributed by atoms with Crippen LogP contribution in [0.3, 0.4) is 0 Å². The number of halogens is 2. The van der Waals surface area contributed by atoms with Crippen LogP contribution < -0.4 is 14.4 Å². The van der Waals surface area contributed by atoms with Gasteiger partial charge in [-0.3, -0.25) is 10.2 Å². The van der Waals surface area contributed by atoms with E-state index in [9.17, 15) is 4.79 Å². The highest BCUT2D eigenvalue weighted by molar-refractivity contribution is 8.93. The molecule has 0 atom stereocenters. The SMILES string of the molecule is Br.CCOc1cc2c(c(F)c1OCC)C(=N)N(CC(=O)c1ccc(N3CCCC3)c(C(C)(C)C)c1)C2. The van der Waals surface area contributed by atoms with Crippen molar-refractivity contribution in [3.8, 4) is 11.5 Å². The van der Waals surface area contributed by atoms with E-state index in [0.717, 1.165) is 18.7 Å². The Hall–Kier alpha value is -2.61. The summed E-state index contributed by atoms with van der Waals surface area (Å²) in [6.07, 6.45) is 2.38. The zero-order chi connectivity index (χ0) is 25.3. The number of ether oxygens (including phenoxy) is 2. The molecule has 2 aromatic carbocycles. The van der Waals surface area contributed by atoms with Crippen LogP contribution >= 0.6 is 17.0 Å². The lowest BCUT2D eigenvalue weighted by molar-refractivity contribution is 0.0962. The van der Waals surface area contributed by atoms with Crippen LogP contribution in [0.15, 0.2) is 24.3 Å². The van der Waals surface area contributed by atoms with Crippen LogP contribution in [0.2, 0.25) is 0 Å². The standard InChI is InChI=1S/C28H36FN3O3.BrH/c1-6-34-23-15-19-16-32(27(30)24(19)25(29)26(23)35-7-2)17-22(33)18-10-11-21(31-12-8-9-13-31)20(14-18)28(3,4)5;/h10-11,14-15,30H,6-9,12-13,16-17H2,1-5H3;1H. The number of hydrogen-bond acceptors (Lipinski definition) is 5. The predicted molar refractivity (Wildman–Crippen MR) is 147 cm³/mol. The lowest BCUT2D eigenvalue weighted by atomic mass is 9.84. The first kappa shape index (κ1) is 28.0. The van der Waals surface area contributed by atoms with E-state index in [4.69, 9.17) is 14.9 Å². The number of carbonyl (C=O) groups excluding carboxylic acids is 1. The normalized spacial score (nSPS) is 15.1. The van der Waals surface area contributed by atoms with Crippen molar-refractivity contribution in [2.45, 2.75) is 59.4 Å². The van der Waals surface area contributed by atoms with Crippen LogP contribution in [0.4, 0.5) is 10.1 Å². The van der Waals surface area contributed by atoms with Crippen LogP contribution in [0.5, 0.6) is 11.5 Å². The zero-order valence-electron chi connectivity index (χ0n) is 21.9. The molecule has 0 unspecified atom stereocenters. The number of Topliss-reactive ketones (excluding diaryl/α,β-unsaturated/α-hetero) is 1. The van der Waals surface area contributed by atoms with Crippen LogP contribution in [0.1, 0.15) is 74.5 Å². The Bertz CT molecular complexity index is 1140. The zero-order valence-corrected chi connectivity index (χ0v) is 23.6. The van der Waals surface area contributed by atoms with Gasteiger partial charge >= 0.3 is 0 Å². The fraction of sp³-hybridized carbons (Fsp3) is 0.500. The molecule has 36 heavy (non-hydrogen) atoms. The predicted octanol–water partition coefficient (Wildman–Crippen LogP) is 6.12. The summed E-state index contributed by atoms with van der Waals surface area (Å²) in [5.41, 5.74) is 3.67. The van der Waals surface area contributed by atoms with E-state index in [0.29, 0.717) is 23.5 Å². The Morgan fingerprint density at radius 2 is 1.75 bits per heavy atom. The topological polar surface area (TPSA) is 65.9 Å². The molecule has 0 radical (unpaired) electrons. The van der Waals surface area contributed by atoms with Gasteiger partial charge in [0, 0.05) is 30.9 Å². The minimum absolute atomic E-state index is 0. The Balaban J connectivity index is 0.00000361. The number of carbonyl (C=O) groups is 1. The van der Waals surface area contributed by atoms with Crippen LogP contribution in [0.25, 0.3) is 0 Å². The third-order valence-electron chi connectivity index (χ3n) is 6.68. The summed E-state index contributed by atoms with van der Waals surface area (Å²) in [4.78, 5) is 17.4. The van der Waals surface area contributed by atoms with Crippen LogP contribution in [0, 0.1) is 11.2 Å². The summed E-state index contributed by atoms with van der Waals surface area (Å²) < 4.78 is 26.4. The first-order valence-corrected chi connectivity index (χ1v) is 12.5. The van der Waals surface area contributed by atoms with Gasteiger partial charge in [-0.25, -0.2) is 4.39 Å². The van der Waals surface area contributed by atoms with Gasteiger partial charge in [-0.1, -0.05) is 20.8 Å². The maximum Gasteiger partial charge on any atom is 0.197 e. The lowest BCUT2D eigenvalue weighted by Crippen LogP contribution is -2.31. The number of ketones is 1. The summed E-state index contributed by atoms with van der Waals surface area (Å²) in [5, 5.41) is 8.61. The van der Waals surface area contributed by atoms with Gasteiger partial charge in [-0.05, 0) is 67.5 Å². The van der Waals surface area contributed by atoms with Gasteiger partial charge in [0.25, 0.3) is 0 Å². The molecule has 1 fully saturated rings. The van der Waals surface area contributed by atoms with Crippen molar-refractivity contribution < 1.29 is 18.7 Å². The van der Waals surface area contributed by atoms with Gasteiger partial charge in [0.15, 0.2) is 23.1 Å². The fourth-order valence-corrected chi connectivity index (χ4v) is 4.97. The summed E-state index contributed by atoms with van der Waals surface area (Å²) in [6.45, 7) is 13.1. The Kier molecular flexibility index (Phi) is 8.70. The van der Waals surface area contributed by atoms with E-state index in [2.05, 4.69) is 31.7 Å². The second-order valence-corrected chi connectivity index (χ2v) is 10.2. The number of fused-ring (bicyclic) bond motifs is 1. The molecule has 196 valence electrons. The molecule has 2 aliphatic heterocycles. The number of nitrogens with one attached hydrogen (secondary N) is 1. The third kappa shape index (κ3) is 5.38. The molecule has 2 heterocycles. The quantitative estimate of drug-likeness (QED) is 0.393. The number of nitrogens with zero attached hydrogens (tertiary/aromatic N) is 2. The van der Waals surface area contributed by atoms with Crippen molar-refractivity contribution >= 4 is 34.3 Å². The molecule has 0 bridgehead atoms. The molecule has 0 saturated carbocycles. The van der Waals surface area contributed by atoms with Crippen molar-refractivity contribution in [3.05, 3.63) is 52.3 Å². The average Bonchev–Trinajstić information content (AvgIpc) is 3.44. The van der Waals surface area contributed by atoms with Gasteiger partial charge < -0.3 is 19.3 Å². The number of amidine groups is 1. The highest BCUT2D eigenvalue weighted by Gasteiger charge is 2.33. The van der Waals surface area contributed by atoms with Crippen molar-refractivity contribution in [1.29, 1.82) is 5.41 Å². The van der Waals surface area contributed by atoms with E-state index < -0.39 is 5.82 Å². The molecule has 8 heteroatoms. The third-order valence-corrected chi connectivity index (χ3v) is 6.68. The monoisotopic (exact) mass is 561 g/mol. The molecule has 6 nitrogen and oxygen atoms in total. The molecule has 1 saturated heterocycles. The van der Waals surface area contributed by atoms with Crippen molar-refractivity contribution in [1.82, 2.24) is 4.90 Å². The summed E-state index contributed by atoms with van der Waals surface area (Å²) >= 11 is 0. The molecular weight excluding hydrogens is 525 g/mol.